The van der Waals surface area contributed by atoms with E-state index in [0.717, 1.165) is 15.6 Å². The van der Waals surface area contributed by atoms with Gasteiger partial charge in [0, 0.05) is 20.4 Å². The van der Waals surface area contributed by atoms with Crippen LogP contribution in [-0.2, 0) is 20.4 Å². The van der Waals surface area contributed by atoms with Crippen molar-refractivity contribution in [2.24, 2.45) is 0 Å². The summed E-state index contributed by atoms with van der Waals surface area (Å²) in [7, 11) is 0. The van der Waals surface area contributed by atoms with Crippen molar-refractivity contribution in [1.29, 1.82) is 0 Å². The van der Waals surface area contributed by atoms with Crippen molar-refractivity contribution >= 4 is 40.2 Å². The smallest absolute Gasteiger partial charge is 0 e. The van der Waals surface area contributed by atoms with Crippen molar-refractivity contribution < 1.29 is 20.4 Å². The molecule has 0 N–H and O–H groups in total. The maximum atomic E-state index is 3.64. The van der Waals surface area contributed by atoms with Crippen LogP contribution in [0.2, 0.25) is 0 Å². The third-order valence-electron chi connectivity index (χ3n) is 3.46. The molecule has 0 aliphatic carbocycles. The average Bonchev–Trinajstić information content (AvgIpc) is 2.61. The standard InChI is InChI=1S/C22H16Br.Pd/c23-22-17-20(12-11-18-7-3-1-4-8-18)14-16-21(22)15-13-19-9-5-2-6-10-19;/h1-13,15-17H;/q-1;/b12-11+,15-13+;. The molecule has 24 heavy (non-hydrogen) atoms. The first kappa shape index (κ1) is 18.6. The van der Waals surface area contributed by atoms with Crippen LogP contribution in [-0.4, -0.2) is 0 Å². The van der Waals surface area contributed by atoms with Crippen molar-refractivity contribution in [3.05, 3.63) is 106 Å². The third-order valence-corrected chi connectivity index (χ3v) is 4.15. The van der Waals surface area contributed by atoms with Crippen LogP contribution in [0, 0.1) is 6.07 Å². The Labute approximate surface area is 165 Å². The molecular weight excluding hydrogens is 451 g/mol. The second kappa shape index (κ2) is 9.55. The largest absolute Gasteiger partial charge is 0.149 e. The molecule has 0 amide bonds. The van der Waals surface area contributed by atoms with Crippen LogP contribution >= 0.6 is 15.9 Å². The third kappa shape index (κ3) is 5.43. The Balaban J connectivity index is 0.00000208. The Bertz CT molecular complexity index is 821. The van der Waals surface area contributed by atoms with Gasteiger partial charge in [0.1, 0.15) is 0 Å². The minimum Gasteiger partial charge on any atom is -0.149 e. The number of hydrogen-bond donors (Lipinski definition) is 0. The molecule has 0 aliphatic rings. The van der Waals surface area contributed by atoms with E-state index in [-0.39, 0.29) is 20.4 Å². The Hall–Kier alpha value is -1.72. The molecule has 0 unspecified atom stereocenters. The summed E-state index contributed by atoms with van der Waals surface area (Å²) in [6, 6.07) is 28.0. The van der Waals surface area contributed by atoms with E-state index in [1.165, 1.54) is 11.1 Å². The molecule has 122 valence electrons. The molecule has 3 aromatic carbocycles. The fraction of sp³-hybridized carbons (Fsp3) is 0. The Morgan fingerprint density at radius 2 is 1.25 bits per heavy atom. The molecule has 3 rings (SSSR count). The van der Waals surface area contributed by atoms with Crippen molar-refractivity contribution in [1.82, 2.24) is 0 Å². The summed E-state index contributed by atoms with van der Waals surface area (Å²) in [5, 5.41) is 0. The van der Waals surface area contributed by atoms with Gasteiger partial charge in [-0.25, -0.2) is 0 Å². The molecule has 0 saturated carbocycles. The molecule has 0 nitrogen and oxygen atoms in total. The van der Waals surface area contributed by atoms with Crippen LogP contribution in [0.15, 0.2) is 77.3 Å². The van der Waals surface area contributed by atoms with Gasteiger partial charge in [0.05, 0.1) is 0 Å². The minimum absolute atomic E-state index is 0. The molecule has 3 aromatic rings. The molecule has 0 saturated heterocycles. The van der Waals surface area contributed by atoms with Crippen molar-refractivity contribution in [3.63, 3.8) is 0 Å². The Kier molecular flexibility index (Phi) is 7.41. The van der Waals surface area contributed by atoms with E-state index in [2.05, 4.69) is 76.6 Å². The van der Waals surface area contributed by atoms with Gasteiger partial charge < -0.3 is 0 Å². The van der Waals surface area contributed by atoms with Gasteiger partial charge in [-0.15, -0.1) is 29.8 Å². The summed E-state index contributed by atoms with van der Waals surface area (Å²) in [6.45, 7) is 0. The first-order chi connectivity index (χ1) is 11.3. The predicted molar refractivity (Wildman–Crippen MR) is 104 cm³/mol. The second-order valence-electron chi connectivity index (χ2n) is 5.18. The van der Waals surface area contributed by atoms with Gasteiger partial charge in [0.25, 0.3) is 0 Å². The number of benzene rings is 3. The summed E-state index contributed by atoms with van der Waals surface area (Å²) < 4.78 is 1.07. The first-order valence-corrected chi connectivity index (χ1v) is 8.28. The fourth-order valence-corrected chi connectivity index (χ4v) is 2.71. The quantitative estimate of drug-likeness (QED) is 0.231. The topological polar surface area (TPSA) is 0 Å². The SMILES string of the molecule is Brc1cc(/C=C/c2ccccc2)[c-]cc1/C=C/c1ccccc1.[Pd]. The van der Waals surface area contributed by atoms with Crippen LogP contribution in [0.4, 0.5) is 0 Å². The van der Waals surface area contributed by atoms with Crippen LogP contribution in [0.3, 0.4) is 0 Å². The maximum Gasteiger partial charge on any atom is 0 e. The fourth-order valence-electron chi connectivity index (χ4n) is 2.22. The Morgan fingerprint density at radius 3 is 1.79 bits per heavy atom. The summed E-state index contributed by atoms with van der Waals surface area (Å²) in [4.78, 5) is 0. The molecule has 0 atom stereocenters. The van der Waals surface area contributed by atoms with Crippen LogP contribution in [0.25, 0.3) is 24.3 Å². The van der Waals surface area contributed by atoms with Crippen LogP contribution < -0.4 is 0 Å². The summed E-state index contributed by atoms with van der Waals surface area (Å²) in [5.74, 6) is 0. The maximum absolute atomic E-state index is 3.64. The summed E-state index contributed by atoms with van der Waals surface area (Å²) in [5.41, 5.74) is 4.54. The van der Waals surface area contributed by atoms with Gasteiger partial charge in [0.2, 0.25) is 0 Å². The van der Waals surface area contributed by atoms with Gasteiger partial charge in [0.15, 0.2) is 0 Å². The Morgan fingerprint density at radius 1 is 0.708 bits per heavy atom. The van der Waals surface area contributed by atoms with Gasteiger partial charge >= 0.3 is 0 Å². The minimum atomic E-state index is 0. The monoisotopic (exact) mass is 465 g/mol. The van der Waals surface area contributed by atoms with E-state index in [4.69, 9.17) is 0 Å². The number of hydrogen-bond acceptors (Lipinski definition) is 0. The van der Waals surface area contributed by atoms with Gasteiger partial charge in [-0.1, -0.05) is 105 Å². The molecule has 0 spiro atoms. The van der Waals surface area contributed by atoms with Gasteiger partial charge in [-0.2, -0.15) is 0 Å². The second-order valence-corrected chi connectivity index (χ2v) is 6.03. The predicted octanol–water partition coefficient (Wildman–Crippen LogP) is 6.59. The number of halogens is 1. The van der Waals surface area contributed by atoms with Crippen LogP contribution in [0.1, 0.15) is 22.3 Å². The average molecular weight is 467 g/mol. The van der Waals surface area contributed by atoms with Crippen molar-refractivity contribution in [2.45, 2.75) is 0 Å². The van der Waals surface area contributed by atoms with Gasteiger partial charge in [-0.3, -0.25) is 0 Å². The molecule has 0 radical (unpaired) electrons. The molecule has 0 fully saturated rings. The van der Waals surface area contributed by atoms with E-state index in [1.807, 2.05) is 42.5 Å². The van der Waals surface area contributed by atoms with E-state index in [9.17, 15) is 0 Å². The number of rotatable bonds is 4. The summed E-state index contributed by atoms with van der Waals surface area (Å²) in [6.07, 6.45) is 8.37. The zero-order valence-electron chi connectivity index (χ0n) is 12.9. The van der Waals surface area contributed by atoms with Crippen molar-refractivity contribution in [3.8, 4) is 0 Å². The van der Waals surface area contributed by atoms with E-state index < -0.39 is 0 Å². The molecular formula is C22H16BrPd-. The molecule has 0 aliphatic heterocycles. The van der Waals surface area contributed by atoms with Crippen LogP contribution in [0.5, 0.6) is 0 Å². The molecule has 2 heteroatoms. The normalized spacial score (nSPS) is 10.9. The summed E-state index contributed by atoms with van der Waals surface area (Å²) >= 11 is 3.64. The van der Waals surface area contributed by atoms with E-state index in [0.29, 0.717) is 0 Å². The molecule has 0 aromatic heterocycles. The van der Waals surface area contributed by atoms with E-state index >= 15 is 0 Å². The zero-order chi connectivity index (χ0) is 15.9. The molecule has 0 heterocycles. The molecule has 0 bridgehead atoms. The van der Waals surface area contributed by atoms with Gasteiger partial charge in [-0.05, 0) is 11.1 Å². The zero-order valence-corrected chi connectivity index (χ0v) is 16.1. The first-order valence-electron chi connectivity index (χ1n) is 7.49. The van der Waals surface area contributed by atoms with Crippen molar-refractivity contribution in [2.75, 3.05) is 0 Å². The van der Waals surface area contributed by atoms with E-state index in [1.54, 1.807) is 0 Å².